The highest BCUT2D eigenvalue weighted by Gasteiger charge is 1.99. The van der Waals surface area contributed by atoms with E-state index in [0.717, 1.165) is 17.7 Å². The topological polar surface area (TPSA) is 81.4 Å². The predicted octanol–water partition coefficient (Wildman–Crippen LogP) is 2.57. The molecular formula is C19H32N2O3. The van der Waals surface area contributed by atoms with Gasteiger partial charge in [-0.25, -0.2) is 0 Å². The summed E-state index contributed by atoms with van der Waals surface area (Å²) < 4.78 is 5.24. The molecule has 0 unspecified atom stereocenters. The number of aryl methyl sites for hydroxylation is 1. The van der Waals surface area contributed by atoms with Gasteiger partial charge >= 0.3 is 0 Å². The number of carbonyl (C=O) groups is 2. The number of nitrogens with two attached hydrogens (primary N) is 1. The van der Waals surface area contributed by atoms with Gasteiger partial charge in [-0.3, -0.25) is 4.79 Å². The number of ether oxygens (including phenoxy) is 1. The summed E-state index contributed by atoms with van der Waals surface area (Å²) in [5.74, 6) is 3.37. The van der Waals surface area contributed by atoms with Crippen molar-refractivity contribution in [2.24, 2.45) is 5.73 Å². The van der Waals surface area contributed by atoms with Crippen LogP contribution in [0.15, 0.2) is 24.3 Å². The summed E-state index contributed by atoms with van der Waals surface area (Å²) in [6, 6.07) is 7.59. The Morgan fingerprint density at radius 1 is 1.17 bits per heavy atom. The van der Waals surface area contributed by atoms with Crippen molar-refractivity contribution in [3.05, 3.63) is 29.8 Å². The Morgan fingerprint density at radius 2 is 1.62 bits per heavy atom. The van der Waals surface area contributed by atoms with Crippen LogP contribution in [-0.2, 0) is 16.0 Å². The molecule has 24 heavy (non-hydrogen) atoms. The molecule has 3 N–H and O–H groups in total. The monoisotopic (exact) mass is 336 g/mol. The zero-order chi connectivity index (χ0) is 19.4. The number of hydrogen-bond acceptors (Lipinski definition) is 4. The van der Waals surface area contributed by atoms with Crippen molar-refractivity contribution >= 4 is 11.7 Å². The van der Waals surface area contributed by atoms with Crippen LogP contribution in [-0.4, -0.2) is 32.4 Å². The third-order valence-electron chi connectivity index (χ3n) is 2.17. The zero-order valence-corrected chi connectivity index (χ0v) is 15.8. The summed E-state index contributed by atoms with van der Waals surface area (Å²) in [6.45, 7) is 7.33. The molecule has 0 atom stereocenters. The van der Waals surface area contributed by atoms with Crippen LogP contribution in [0.1, 0.15) is 39.7 Å². The third kappa shape index (κ3) is 19.7. The van der Waals surface area contributed by atoms with Gasteiger partial charge in [0.05, 0.1) is 0 Å². The number of rotatable bonds is 5. The average molecular weight is 336 g/mol. The van der Waals surface area contributed by atoms with E-state index in [4.69, 9.17) is 11.2 Å². The fourth-order valence-electron chi connectivity index (χ4n) is 1.26. The molecular weight excluding hydrogens is 304 g/mol. The second kappa shape index (κ2) is 20.7. The lowest BCUT2D eigenvalue weighted by molar-refractivity contribution is -0.120. The minimum absolute atomic E-state index is 0.0488. The molecule has 1 rings (SSSR count). The Labute approximate surface area is 147 Å². The largest absolute Gasteiger partial charge is 0.481 e. The quantitative estimate of drug-likeness (QED) is 0.810. The molecule has 1 amide bonds. The molecule has 0 saturated heterocycles. The summed E-state index contributed by atoms with van der Waals surface area (Å²) in [7, 11) is 3.14. The summed E-state index contributed by atoms with van der Waals surface area (Å²) in [5, 5.41) is 2.59. The van der Waals surface area contributed by atoms with Crippen molar-refractivity contribution in [3.8, 4) is 18.1 Å². The number of terminal acetylenes is 1. The van der Waals surface area contributed by atoms with E-state index >= 15 is 0 Å². The molecule has 0 aromatic heterocycles. The smallest absolute Gasteiger partial charge is 0.220 e. The fraction of sp³-hybridized carbons (Fsp3) is 0.474. The van der Waals surface area contributed by atoms with E-state index in [0.29, 0.717) is 6.42 Å². The number of benzene rings is 1. The number of carbonyl (C=O) groups excluding carboxylic acids is 2. The first-order valence-corrected chi connectivity index (χ1v) is 7.90. The van der Waals surface area contributed by atoms with Gasteiger partial charge in [0.2, 0.25) is 5.91 Å². The van der Waals surface area contributed by atoms with Crippen molar-refractivity contribution in [1.29, 1.82) is 0 Å². The molecule has 1 aromatic rings. The van der Waals surface area contributed by atoms with Crippen LogP contribution >= 0.6 is 0 Å². The first kappa shape index (κ1) is 26.6. The molecule has 0 aliphatic heterocycles. The van der Waals surface area contributed by atoms with Crippen molar-refractivity contribution in [3.63, 3.8) is 0 Å². The second-order valence-corrected chi connectivity index (χ2v) is 4.22. The highest BCUT2D eigenvalue weighted by atomic mass is 16.5. The minimum atomic E-state index is 0.0488. The number of ketones is 1. The molecule has 0 aliphatic carbocycles. The maximum absolute atomic E-state index is 11.0. The van der Waals surface area contributed by atoms with Crippen molar-refractivity contribution in [1.82, 2.24) is 5.32 Å². The molecule has 0 radical (unpaired) electrons. The fourth-order valence-corrected chi connectivity index (χ4v) is 1.26. The molecule has 5 heteroatoms. The Balaban J connectivity index is -0.000000471. The Hall–Kier alpha value is -2.32. The lowest BCUT2D eigenvalue weighted by Crippen LogP contribution is -2.17. The number of nitrogens with one attached hydrogen (secondary N) is 1. The van der Waals surface area contributed by atoms with Crippen LogP contribution in [0.5, 0.6) is 5.75 Å². The van der Waals surface area contributed by atoms with E-state index in [2.05, 4.69) is 17.0 Å². The van der Waals surface area contributed by atoms with Crippen molar-refractivity contribution in [2.45, 2.75) is 40.5 Å². The minimum Gasteiger partial charge on any atom is -0.481 e. The van der Waals surface area contributed by atoms with E-state index in [-0.39, 0.29) is 18.3 Å². The van der Waals surface area contributed by atoms with Crippen LogP contribution in [0, 0.1) is 12.3 Å². The molecule has 5 nitrogen and oxygen atoms in total. The maximum Gasteiger partial charge on any atom is 0.220 e. The van der Waals surface area contributed by atoms with E-state index in [1.54, 1.807) is 7.05 Å². The maximum atomic E-state index is 11.0. The molecule has 0 saturated carbocycles. The lowest BCUT2D eigenvalue weighted by Gasteiger charge is -2.04. The van der Waals surface area contributed by atoms with Gasteiger partial charge in [-0.1, -0.05) is 31.9 Å². The molecule has 1 aromatic carbocycles. The van der Waals surface area contributed by atoms with Gasteiger partial charge < -0.3 is 20.6 Å². The predicted molar refractivity (Wildman–Crippen MR) is 101 cm³/mol. The van der Waals surface area contributed by atoms with Gasteiger partial charge in [-0.2, -0.15) is 0 Å². The third-order valence-corrected chi connectivity index (χ3v) is 2.17. The molecule has 0 bridgehead atoms. The standard InChI is InChI=1S/C13H15NO2.C3H6O.C2H6.CH5N/c1-3-10-16-12-7-4-11(5-8-12)6-9-13(15)14-2;1-3(2)4;2*1-2/h1,4-5,7-8H,6,9-10H2,2H3,(H,14,15);1-2H3;1-2H3;2H2,1H3. The summed E-state index contributed by atoms with van der Waals surface area (Å²) in [6.07, 6.45) is 6.32. The average Bonchev–Trinajstić information content (AvgIpc) is 2.61. The van der Waals surface area contributed by atoms with E-state index < -0.39 is 0 Å². The molecule has 136 valence electrons. The highest BCUT2D eigenvalue weighted by Crippen LogP contribution is 2.13. The lowest BCUT2D eigenvalue weighted by atomic mass is 10.1. The summed E-state index contributed by atoms with van der Waals surface area (Å²) in [4.78, 5) is 20.5. The van der Waals surface area contributed by atoms with Crippen LogP contribution in [0.3, 0.4) is 0 Å². The molecule has 0 aliphatic rings. The van der Waals surface area contributed by atoms with Gasteiger partial charge in [0, 0.05) is 13.5 Å². The Bertz CT molecular complexity index is 458. The molecule has 0 fully saturated rings. The van der Waals surface area contributed by atoms with Gasteiger partial charge in [-0.05, 0) is 45.0 Å². The second-order valence-electron chi connectivity index (χ2n) is 4.22. The van der Waals surface area contributed by atoms with Crippen LogP contribution in [0.4, 0.5) is 0 Å². The van der Waals surface area contributed by atoms with Gasteiger partial charge in [0.25, 0.3) is 0 Å². The number of hydrogen-bond donors (Lipinski definition) is 2. The number of Topliss-reactive ketones (excluding diaryl/α,β-unsaturated/α-hetero) is 1. The SMILES string of the molecule is C#CCOc1ccc(CCC(=O)NC)cc1.CC.CC(C)=O.CN. The highest BCUT2D eigenvalue weighted by molar-refractivity contribution is 5.75. The van der Waals surface area contributed by atoms with Crippen LogP contribution in [0.25, 0.3) is 0 Å². The molecule has 0 spiro atoms. The van der Waals surface area contributed by atoms with Gasteiger partial charge in [0.15, 0.2) is 0 Å². The normalized spacial score (nSPS) is 7.75. The first-order chi connectivity index (χ1) is 11.5. The van der Waals surface area contributed by atoms with E-state index in [9.17, 15) is 9.59 Å². The van der Waals surface area contributed by atoms with Gasteiger partial charge in [-0.15, -0.1) is 6.42 Å². The van der Waals surface area contributed by atoms with Gasteiger partial charge in [0.1, 0.15) is 18.1 Å². The summed E-state index contributed by atoms with van der Waals surface area (Å²) >= 11 is 0. The Kier molecular flexibility index (Phi) is 22.9. The van der Waals surface area contributed by atoms with Crippen molar-refractivity contribution < 1.29 is 14.3 Å². The first-order valence-electron chi connectivity index (χ1n) is 7.90. The van der Waals surface area contributed by atoms with Crippen LogP contribution < -0.4 is 15.8 Å². The number of amides is 1. The Morgan fingerprint density at radius 3 is 2.00 bits per heavy atom. The van der Waals surface area contributed by atoms with Crippen molar-refractivity contribution in [2.75, 3.05) is 20.7 Å². The van der Waals surface area contributed by atoms with E-state index in [1.807, 2.05) is 38.1 Å². The van der Waals surface area contributed by atoms with Crippen LogP contribution in [0.2, 0.25) is 0 Å². The van der Waals surface area contributed by atoms with E-state index in [1.165, 1.54) is 20.9 Å². The summed E-state index contributed by atoms with van der Waals surface area (Å²) in [5.41, 5.74) is 5.61. The zero-order valence-electron chi connectivity index (χ0n) is 15.8. The molecule has 0 heterocycles.